The van der Waals surface area contributed by atoms with Crippen LogP contribution in [0.3, 0.4) is 0 Å². The molecule has 27 heavy (non-hydrogen) atoms. The Morgan fingerprint density at radius 2 is 1.89 bits per heavy atom. The zero-order valence-electron chi connectivity index (χ0n) is 16.3. The number of hydrogen-bond acceptors (Lipinski definition) is 4. The first kappa shape index (κ1) is 19.8. The molecule has 0 radical (unpaired) electrons. The van der Waals surface area contributed by atoms with Gasteiger partial charge in [-0.15, -0.1) is 0 Å². The number of amides is 2. The van der Waals surface area contributed by atoms with Gasteiger partial charge in [-0.2, -0.15) is 0 Å². The summed E-state index contributed by atoms with van der Waals surface area (Å²) in [6.45, 7) is 2.98. The van der Waals surface area contributed by atoms with Gasteiger partial charge in [-0.05, 0) is 37.8 Å². The van der Waals surface area contributed by atoms with Crippen LogP contribution in [0.1, 0.15) is 44.2 Å². The van der Waals surface area contributed by atoms with Crippen LogP contribution in [-0.2, 0) is 20.9 Å². The second-order valence-electron chi connectivity index (χ2n) is 7.65. The van der Waals surface area contributed by atoms with Crippen LogP contribution < -0.4 is 0 Å². The van der Waals surface area contributed by atoms with Crippen molar-refractivity contribution < 1.29 is 14.3 Å². The molecule has 1 aromatic heterocycles. The van der Waals surface area contributed by atoms with E-state index in [0.717, 1.165) is 31.4 Å². The number of carbonyl (C=O) groups is 2. The zero-order valence-corrected chi connectivity index (χ0v) is 16.3. The molecule has 0 aromatic carbocycles. The molecule has 2 amide bonds. The second-order valence-corrected chi connectivity index (χ2v) is 7.65. The van der Waals surface area contributed by atoms with E-state index in [1.54, 1.807) is 13.3 Å². The minimum absolute atomic E-state index is 0.0156. The number of aromatic nitrogens is 1. The van der Waals surface area contributed by atoms with Gasteiger partial charge in [0.05, 0.1) is 18.8 Å². The average Bonchev–Trinajstić information content (AvgIpc) is 3.26. The van der Waals surface area contributed by atoms with Crippen molar-refractivity contribution in [1.82, 2.24) is 14.8 Å². The number of piperidine rings is 1. The summed E-state index contributed by atoms with van der Waals surface area (Å²) in [5.41, 5.74) is 0.885. The summed E-state index contributed by atoms with van der Waals surface area (Å²) >= 11 is 0. The lowest BCUT2D eigenvalue weighted by Gasteiger charge is -2.35. The molecular weight excluding hydrogens is 342 g/mol. The highest BCUT2D eigenvalue weighted by molar-refractivity contribution is 5.81. The van der Waals surface area contributed by atoms with Crippen molar-refractivity contribution in [2.24, 2.45) is 11.8 Å². The molecule has 148 valence electrons. The van der Waals surface area contributed by atoms with Gasteiger partial charge in [0, 0.05) is 44.8 Å². The molecule has 2 heterocycles. The molecule has 0 bridgehead atoms. The van der Waals surface area contributed by atoms with Gasteiger partial charge in [0.25, 0.3) is 0 Å². The summed E-state index contributed by atoms with van der Waals surface area (Å²) in [5.74, 6) is 0.673. The number of methoxy groups -OCH3 is 1. The van der Waals surface area contributed by atoms with Gasteiger partial charge in [-0.3, -0.25) is 14.6 Å². The van der Waals surface area contributed by atoms with E-state index in [-0.39, 0.29) is 17.7 Å². The van der Waals surface area contributed by atoms with Gasteiger partial charge < -0.3 is 14.5 Å². The predicted molar refractivity (Wildman–Crippen MR) is 103 cm³/mol. The first-order valence-corrected chi connectivity index (χ1v) is 10.2. The summed E-state index contributed by atoms with van der Waals surface area (Å²) in [7, 11) is 1.65. The summed E-state index contributed by atoms with van der Waals surface area (Å²) in [4.78, 5) is 33.9. The van der Waals surface area contributed by atoms with E-state index in [1.165, 1.54) is 12.8 Å². The van der Waals surface area contributed by atoms with E-state index >= 15 is 0 Å². The minimum Gasteiger partial charge on any atom is -0.383 e. The zero-order chi connectivity index (χ0) is 19.1. The van der Waals surface area contributed by atoms with Crippen LogP contribution >= 0.6 is 0 Å². The lowest BCUT2D eigenvalue weighted by molar-refractivity contribution is -0.143. The first-order valence-electron chi connectivity index (χ1n) is 10.2. The summed E-state index contributed by atoms with van der Waals surface area (Å²) in [5, 5.41) is 0. The lowest BCUT2D eigenvalue weighted by Crippen LogP contribution is -2.46. The molecule has 1 aliphatic heterocycles. The third-order valence-corrected chi connectivity index (χ3v) is 5.82. The number of nitrogens with zero attached hydrogens (tertiary/aromatic N) is 3. The first-order chi connectivity index (χ1) is 13.2. The van der Waals surface area contributed by atoms with Crippen LogP contribution in [0, 0.1) is 11.8 Å². The van der Waals surface area contributed by atoms with E-state index in [9.17, 15) is 9.59 Å². The van der Waals surface area contributed by atoms with Crippen molar-refractivity contribution in [1.29, 1.82) is 0 Å². The van der Waals surface area contributed by atoms with E-state index in [1.807, 2.05) is 28.0 Å². The molecule has 2 fully saturated rings. The van der Waals surface area contributed by atoms with Crippen LogP contribution in [0.5, 0.6) is 0 Å². The van der Waals surface area contributed by atoms with Gasteiger partial charge in [0.1, 0.15) is 0 Å². The lowest BCUT2D eigenvalue weighted by atomic mass is 9.93. The molecule has 0 unspecified atom stereocenters. The van der Waals surface area contributed by atoms with Crippen molar-refractivity contribution in [3.8, 4) is 0 Å². The maximum absolute atomic E-state index is 13.1. The standard InChI is InChI=1S/C21H31N3O3/c1-27-15-14-24(16-19-8-4-5-11-22-19)21(26)18-9-12-23(13-10-18)20(25)17-6-2-3-7-17/h4-5,8,11,17-18H,2-3,6-7,9-10,12-16H2,1H3. The third-order valence-electron chi connectivity index (χ3n) is 5.82. The normalized spacial score (nSPS) is 18.6. The third kappa shape index (κ3) is 5.28. The topological polar surface area (TPSA) is 62.7 Å². The number of rotatable bonds is 7. The van der Waals surface area contributed by atoms with Crippen molar-refractivity contribution in [2.45, 2.75) is 45.1 Å². The monoisotopic (exact) mass is 373 g/mol. The molecule has 6 nitrogen and oxygen atoms in total. The number of carbonyl (C=O) groups excluding carboxylic acids is 2. The van der Waals surface area contributed by atoms with E-state index in [0.29, 0.717) is 38.7 Å². The van der Waals surface area contributed by atoms with Gasteiger partial charge in [-0.25, -0.2) is 0 Å². The predicted octanol–water partition coefficient (Wildman–Crippen LogP) is 2.49. The fourth-order valence-corrected chi connectivity index (χ4v) is 4.19. The number of hydrogen-bond donors (Lipinski definition) is 0. The summed E-state index contributed by atoms with van der Waals surface area (Å²) in [6.07, 6.45) is 7.67. The van der Waals surface area contributed by atoms with Gasteiger partial charge in [0.15, 0.2) is 0 Å². The molecule has 1 saturated carbocycles. The van der Waals surface area contributed by atoms with Crippen molar-refractivity contribution in [2.75, 3.05) is 33.4 Å². The molecule has 6 heteroatoms. The van der Waals surface area contributed by atoms with E-state index in [2.05, 4.69) is 4.98 Å². The van der Waals surface area contributed by atoms with Gasteiger partial charge >= 0.3 is 0 Å². The molecule has 0 N–H and O–H groups in total. The summed E-state index contributed by atoms with van der Waals surface area (Å²) in [6, 6.07) is 5.76. The number of pyridine rings is 1. The summed E-state index contributed by atoms with van der Waals surface area (Å²) < 4.78 is 5.19. The highest BCUT2D eigenvalue weighted by Gasteiger charge is 2.33. The SMILES string of the molecule is COCCN(Cc1ccccn1)C(=O)C1CCN(C(=O)C2CCCC2)CC1. The molecule has 1 aromatic rings. The maximum atomic E-state index is 13.1. The van der Waals surface area contributed by atoms with Crippen molar-refractivity contribution >= 4 is 11.8 Å². The van der Waals surface area contributed by atoms with Crippen LogP contribution in [0.2, 0.25) is 0 Å². The average molecular weight is 373 g/mol. The fraction of sp³-hybridized carbons (Fsp3) is 0.667. The Morgan fingerprint density at radius 3 is 2.52 bits per heavy atom. The molecule has 0 atom stereocenters. The Bertz CT molecular complexity index is 608. The van der Waals surface area contributed by atoms with Gasteiger partial charge in [0.2, 0.25) is 11.8 Å². The van der Waals surface area contributed by atoms with Crippen LogP contribution in [0.4, 0.5) is 0 Å². The van der Waals surface area contributed by atoms with Crippen molar-refractivity contribution in [3.63, 3.8) is 0 Å². The fourth-order valence-electron chi connectivity index (χ4n) is 4.19. The van der Waals surface area contributed by atoms with Crippen molar-refractivity contribution in [3.05, 3.63) is 30.1 Å². The van der Waals surface area contributed by atoms with E-state index in [4.69, 9.17) is 4.74 Å². The molecule has 1 saturated heterocycles. The molecule has 0 spiro atoms. The highest BCUT2D eigenvalue weighted by atomic mass is 16.5. The second kappa shape index (κ2) is 9.83. The maximum Gasteiger partial charge on any atom is 0.226 e. The number of likely N-dealkylation sites (tertiary alicyclic amines) is 1. The molecule has 1 aliphatic carbocycles. The molecule has 3 rings (SSSR count). The Morgan fingerprint density at radius 1 is 1.15 bits per heavy atom. The largest absolute Gasteiger partial charge is 0.383 e. The van der Waals surface area contributed by atoms with Crippen LogP contribution in [0.25, 0.3) is 0 Å². The Kier molecular flexibility index (Phi) is 7.21. The molecule has 2 aliphatic rings. The Labute approximate surface area is 161 Å². The smallest absolute Gasteiger partial charge is 0.226 e. The van der Waals surface area contributed by atoms with Gasteiger partial charge in [-0.1, -0.05) is 18.9 Å². The Balaban J connectivity index is 1.55. The Hall–Kier alpha value is -1.95. The highest BCUT2D eigenvalue weighted by Crippen LogP contribution is 2.29. The van der Waals surface area contributed by atoms with E-state index < -0.39 is 0 Å². The number of ether oxygens (including phenoxy) is 1. The minimum atomic E-state index is -0.0156. The van der Waals surface area contributed by atoms with Crippen LogP contribution in [0.15, 0.2) is 24.4 Å². The quantitative estimate of drug-likeness (QED) is 0.737. The molecular formula is C21H31N3O3. The van der Waals surface area contributed by atoms with Crippen LogP contribution in [-0.4, -0.2) is 59.9 Å².